The van der Waals surface area contributed by atoms with Crippen LogP contribution in [0.15, 0.2) is 66.7 Å². The quantitative estimate of drug-likeness (QED) is 0.568. The third kappa shape index (κ3) is 5.28. The number of esters is 1. The summed E-state index contributed by atoms with van der Waals surface area (Å²) in [6.45, 7) is 1.45. The number of ether oxygens (including phenoxy) is 4. The molecule has 0 saturated heterocycles. The molecule has 3 aromatic rings. The molecule has 0 saturated carbocycles. The van der Waals surface area contributed by atoms with Gasteiger partial charge in [-0.05, 0) is 61.0 Å². The van der Waals surface area contributed by atoms with Gasteiger partial charge in [-0.1, -0.05) is 12.1 Å². The minimum atomic E-state index is -1.03. The number of amides is 1. The van der Waals surface area contributed by atoms with Gasteiger partial charge in [0, 0.05) is 11.8 Å². The van der Waals surface area contributed by atoms with Crippen molar-refractivity contribution in [1.82, 2.24) is 0 Å². The molecule has 0 aliphatic carbocycles. The molecule has 1 heterocycles. The smallest absolute Gasteiger partial charge is 0.351 e. The van der Waals surface area contributed by atoms with Crippen LogP contribution in [0.5, 0.6) is 28.7 Å². The number of phenols is 1. The molecule has 1 aliphatic rings. The number of carbonyl (C=O) groups excluding carboxylic acids is 2. The molecule has 8 heteroatoms. The average Bonchev–Trinajstić information content (AvgIpc) is 2.78. The fourth-order valence-corrected chi connectivity index (χ4v) is 3.02. The molecule has 1 atom stereocenters. The second kappa shape index (κ2) is 9.30. The van der Waals surface area contributed by atoms with E-state index in [0.29, 0.717) is 17.2 Å². The Bertz CT molecular complexity index is 1130. The van der Waals surface area contributed by atoms with Crippen molar-refractivity contribution >= 4 is 17.6 Å². The number of aromatic hydroxyl groups is 1. The van der Waals surface area contributed by atoms with Crippen molar-refractivity contribution in [1.29, 1.82) is 0 Å². The minimum Gasteiger partial charge on any atom is -0.508 e. The molecule has 1 unspecified atom stereocenters. The van der Waals surface area contributed by atoms with Gasteiger partial charge in [0.05, 0.1) is 0 Å². The molecule has 32 heavy (non-hydrogen) atoms. The first kappa shape index (κ1) is 21.0. The van der Waals surface area contributed by atoms with E-state index in [1.54, 1.807) is 24.3 Å². The van der Waals surface area contributed by atoms with Gasteiger partial charge in [0.25, 0.3) is 5.91 Å². The van der Waals surface area contributed by atoms with Gasteiger partial charge in [-0.15, -0.1) is 0 Å². The van der Waals surface area contributed by atoms with E-state index in [9.17, 15) is 14.7 Å². The predicted octanol–water partition coefficient (Wildman–Crippen LogP) is 3.81. The highest BCUT2D eigenvalue weighted by Crippen LogP contribution is 2.34. The summed E-state index contributed by atoms with van der Waals surface area (Å²) in [6.07, 6.45) is -1.03. The van der Waals surface area contributed by atoms with E-state index in [1.165, 1.54) is 18.2 Å². The molecule has 2 N–H and O–H groups in total. The highest BCUT2D eigenvalue weighted by molar-refractivity contribution is 5.93. The van der Waals surface area contributed by atoms with E-state index in [-0.39, 0.29) is 18.1 Å². The van der Waals surface area contributed by atoms with Gasteiger partial charge >= 0.3 is 5.97 Å². The summed E-state index contributed by atoms with van der Waals surface area (Å²) in [4.78, 5) is 24.3. The minimum absolute atomic E-state index is 0.0175. The fraction of sp³-hybridized carbons (Fsp3) is 0.167. The Morgan fingerprint density at radius 1 is 1.03 bits per heavy atom. The first-order valence-electron chi connectivity index (χ1n) is 9.90. The Kier molecular flexibility index (Phi) is 6.12. The number of hydrogen-bond acceptors (Lipinski definition) is 7. The predicted molar refractivity (Wildman–Crippen MR) is 115 cm³/mol. The number of anilines is 1. The second-order valence-electron chi connectivity index (χ2n) is 7.15. The molecular weight excluding hydrogens is 414 g/mol. The number of aryl methyl sites for hydroxylation is 1. The molecule has 0 aromatic heterocycles. The largest absolute Gasteiger partial charge is 0.508 e. The monoisotopic (exact) mass is 435 g/mol. The second-order valence-corrected chi connectivity index (χ2v) is 7.15. The summed E-state index contributed by atoms with van der Waals surface area (Å²) in [7, 11) is 0. The van der Waals surface area contributed by atoms with Crippen molar-refractivity contribution in [2.75, 3.05) is 18.5 Å². The lowest BCUT2D eigenvalue weighted by molar-refractivity contribution is -0.156. The molecule has 164 valence electrons. The SMILES string of the molecule is Cc1cccc(Oc2ccc(NC(=O)COC(=O)C3COc4ccc(O)cc4O3)cc2)c1. The van der Waals surface area contributed by atoms with Crippen molar-refractivity contribution < 1.29 is 33.6 Å². The maximum absolute atomic E-state index is 12.2. The summed E-state index contributed by atoms with van der Waals surface area (Å²) in [5.41, 5.74) is 1.62. The van der Waals surface area contributed by atoms with Crippen LogP contribution in [0, 0.1) is 6.92 Å². The zero-order chi connectivity index (χ0) is 22.5. The molecular formula is C24H21NO7. The van der Waals surface area contributed by atoms with Gasteiger partial charge in [-0.25, -0.2) is 4.79 Å². The third-order valence-electron chi connectivity index (χ3n) is 4.56. The van der Waals surface area contributed by atoms with Crippen LogP contribution in [0.25, 0.3) is 0 Å². The maximum atomic E-state index is 12.2. The molecule has 0 fully saturated rings. The van der Waals surface area contributed by atoms with Crippen LogP contribution < -0.4 is 19.5 Å². The molecule has 4 rings (SSSR count). The summed E-state index contributed by atoms with van der Waals surface area (Å²) in [5.74, 6) is 0.740. The van der Waals surface area contributed by atoms with Crippen LogP contribution in [0.2, 0.25) is 0 Å². The lowest BCUT2D eigenvalue weighted by Crippen LogP contribution is -2.39. The van der Waals surface area contributed by atoms with Crippen LogP contribution in [-0.2, 0) is 14.3 Å². The van der Waals surface area contributed by atoms with E-state index in [0.717, 1.165) is 11.3 Å². The van der Waals surface area contributed by atoms with Crippen LogP contribution in [-0.4, -0.2) is 36.3 Å². The van der Waals surface area contributed by atoms with Gasteiger partial charge < -0.3 is 29.4 Å². The molecule has 0 spiro atoms. The molecule has 1 amide bonds. The number of nitrogens with one attached hydrogen (secondary N) is 1. The number of benzene rings is 3. The van der Waals surface area contributed by atoms with Crippen molar-refractivity contribution in [3.8, 4) is 28.7 Å². The molecule has 1 aliphatic heterocycles. The van der Waals surface area contributed by atoms with Gasteiger partial charge in [0.2, 0.25) is 6.10 Å². The zero-order valence-corrected chi connectivity index (χ0v) is 17.2. The summed E-state index contributed by atoms with van der Waals surface area (Å²) in [5, 5.41) is 12.2. The topological polar surface area (TPSA) is 103 Å². The van der Waals surface area contributed by atoms with Crippen LogP contribution >= 0.6 is 0 Å². The Morgan fingerprint density at radius 3 is 2.62 bits per heavy atom. The number of phenolic OH excluding ortho intramolecular Hbond substituents is 1. The first-order chi connectivity index (χ1) is 15.5. The average molecular weight is 435 g/mol. The van der Waals surface area contributed by atoms with Crippen molar-refractivity contribution in [2.24, 2.45) is 0 Å². The van der Waals surface area contributed by atoms with Crippen molar-refractivity contribution in [2.45, 2.75) is 13.0 Å². The number of carbonyl (C=O) groups is 2. The van der Waals surface area contributed by atoms with E-state index in [4.69, 9.17) is 18.9 Å². The Labute approximate surface area is 184 Å². The summed E-state index contributed by atoms with van der Waals surface area (Å²) in [6, 6.07) is 18.8. The summed E-state index contributed by atoms with van der Waals surface area (Å²) < 4.78 is 21.7. The fourth-order valence-electron chi connectivity index (χ4n) is 3.02. The Morgan fingerprint density at radius 2 is 1.84 bits per heavy atom. The standard InChI is InChI=1S/C24H21NO7/c1-15-3-2-4-19(11-15)31-18-8-5-16(6-9-18)25-23(27)14-30-24(28)22-13-29-20-10-7-17(26)12-21(20)32-22/h2-12,22,26H,13-14H2,1H3,(H,25,27). The summed E-state index contributed by atoms with van der Waals surface area (Å²) >= 11 is 0. The van der Waals surface area contributed by atoms with Crippen LogP contribution in [0.1, 0.15) is 5.56 Å². The van der Waals surface area contributed by atoms with Gasteiger partial charge in [-0.2, -0.15) is 0 Å². The van der Waals surface area contributed by atoms with E-state index in [2.05, 4.69) is 5.32 Å². The normalized spacial score (nSPS) is 14.3. The van der Waals surface area contributed by atoms with Crippen LogP contribution in [0.3, 0.4) is 0 Å². The molecule has 0 radical (unpaired) electrons. The lowest BCUT2D eigenvalue weighted by Gasteiger charge is -2.25. The number of rotatable bonds is 6. The van der Waals surface area contributed by atoms with Gasteiger partial charge in [-0.3, -0.25) is 4.79 Å². The first-order valence-corrected chi connectivity index (χ1v) is 9.90. The maximum Gasteiger partial charge on any atom is 0.351 e. The highest BCUT2D eigenvalue weighted by Gasteiger charge is 2.29. The van der Waals surface area contributed by atoms with E-state index in [1.807, 2.05) is 31.2 Å². The van der Waals surface area contributed by atoms with Gasteiger partial charge in [0.15, 0.2) is 18.1 Å². The molecule has 0 bridgehead atoms. The zero-order valence-electron chi connectivity index (χ0n) is 17.2. The van der Waals surface area contributed by atoms with Crippen molar-refractivity contribution in [3.05, 3.63) is 72.3 Å². The molecule has 3 aromatic carbocycles. The van der Waals surface area contributed by atoms with Gasteiger partial charge in [0.1, 0.15) is 23.9 Å². The van der Waals surface area contributed by atoms with Crippen LogP contribution in [0.4, 0.5) is 5.69 Å². The third-order valence-corrected chi connectivity index (χ3v) is 4.56. The Hall–Kier alpha value is -4.20. The van der Waals surface area contributed by atoms with E-state index < -0.39 is 24.6 Å². The number of hydrogen-bond donors (Lipinski definition) is 2. The Balaban J connectivity index is 1.25. The van der Waals surface area contributed by atoms with E-state index >= 15 is 0 Å². The number of fused-ring (bicyclic) bond motifs is 1. The highest BCUT2D eigenvalue weighted by atomic mass is 16.6. The lowest BCUT2D eigenvalue weighted by atomic mass is 10.2. The molecule has 8 nitrogen and oxygen atoms in total. The van der Waals surface area contributed by atoms with Crippen molar-refractivity contribution in [3.63, 3.8) is 0 Å².